The van der Waals surface area contributed by atoms with Crippen molar-refractivity contribution in [1.29, 1.82) is 0 Å². The Morgan fingerprint density at radius 1 is 1.23 bits per heavy atom. The molecule has 5 N–H and O–H groups in total. The fraction of sp³-hybridized carbons (Fsp3) is 0.882. The van der Waals surface area contributed by atoms with Gasteiger partial charge in [-0.2, -0.15) is 0 Å². The molecule has 0 fully saturated rings. The van der Waals surface area contributed by atoms with Crippen molar-refractivity contribution in [2.45, 2.75) is 47.3 Å². The summed E-state index contributed by atoms with van der Waals surface area (Å²) in [5.74, 6) is 0.331. The third-order valence-electron chi connectivity index (χ3n) is 2.76. The van der Waals surface area contributed by atoms with E-state index in [1.54, 1.807) is 4.90 Å². The van der Waals surface area contributed by atoms with Crippen LogP contribution in [-0.2, 0) is 14.3 Å². The van der Waals surface area contributed by atoms with Crippen LogP contribution < -0.4 is 16.8 Å². The number of rotatable bonds is 11. The first-order valence-corrected chi connectivity index (χ1v) is 10.9. The molecule has 26 heavy (non-hydrogen) atoms. The van der Waals surface area contributed by atoms with Gasteiger partial charge in [-0.15, -0.1) is 0 Å². The van der Waals surface area contributed by atoms with Crippen molar-refractivity contribution in [1.82, 2.24) is 10.2 Å². The van der Waals surface area contributed by atoms with Crippen molar-refractivity contribution >= 4 is 38.3 Å². The number of hydrogen-bond acceptors (Lipinski definition) is 6. The summed E-state index contributed by atoms with van der Waals surface area (Å²) in [6, 6.07) is 0. The van der Waals surface area contributed by atoms with Crippen molar-refractivity contribution in [3.63, 3.8) is 0 Å². The quantitative estimate of drug-likeness (QED) is 0.145. The van der Waals surface area contributed by atoms with Gasteiger partial charge in [0.2, 0.25) is 5.91 Å². The molecule has 0 saturated heterocycles. The van der Waals surface area contributed by atoms with Gasteiger partial charge < -0.3 is 25.4 Å². The topological polar surface area (TPSA) is 115 Å². The van der Waals surface area contributed by atoms with E-state index in [1.165, 1.54) is 12.8 Å². The number of amides is 1. The van der Waals surface area contributed by atoms with Crippen LogP contribution in [-0.4, -0.2) is 95.9 Å². The SMILES string of the molecule is CCCNC.CCOC(CN(CC(C)C)C(=O)CN)OCC.N/C=[N]/[Pb]. The molecule has 155 valence electrons. The third-order valence-corrected chi connectivity index (χ3v) is 3.34. The molecule has 0 unspecified atom stereocenters. The summed E-state index contributed by atoms with van der Waals surface area (Å²) in [7, 11) is 1.96. The Morgan fingerprint density at radius 3 is 1.96 bits per heavy atom. The molecular weight excluding hydrogens is 529 g/mol. The predicted octanol–water partition coefficient (Wildman–Crippen LogP) is 0.502. The van der Waals surface area contributed by atoms with E-state index in [-0.39, 0.29) is 18.7 Å². The van der Waals surface area contributed by atoms with E-state index in [4.69, 9.17) is 20.9 Å². The van der Waals surface area contributed by atoms with Crippen LogP contribution in [0.2, 0.25) is 0 Å². The van der Waals surface area contributed by atoms with E-state index in [1.807, 2.05) is 20.9 Å². The maximum absolute atomic E-state index is 11.7. The van der Waals surface area contributed by atoms with E-state index in [0.717, 1.165) is 32.6 Å². The van der Waals surface area contributed by atoms with Gasteiger partial charge in [-0.3, -0.25) is 4.79 Å². The van der Waals surface area contributed by atoms with Crippen LogP contribution in [0.15, 0.2) is 2.80 Å². The molecule has 0 aliphatic rings. The molecule has 0 spiro atoms. The summed E-state index contributed by atoms with van der Waals surface area (Å²) >= 11 is 0.834. The molecule has 8 nitrogen and oxygen atoms in total. The average Bonchev–Trinajstić information content (AvgIpc) is 2.62. The van der Waals surface area contributed by atoms with Gasteiger partial charge in [0, 0.05) is 19.8 Å². The zero-order valence-corrected chi connectivity index (χ0v) is 21.3. The molecule has 0 aromatic heterocycles. The molecule has 0 aromatic rings. The van der Waals surface area contributed by atoms with Crippen LogP contribution in [0.1, 0.15) is 41.0 Å². The molecule has 0 aliphatic carbocycles. The minimum absolute atomic E-state index is 0.0255. The summed E-state index contributed by atoms with van der Waals surface area (Å²) in [5.41, 5.74) is 10.2. The van der Waals surface area contributed by atoms with E-state index < -0.39 is 0 Å². The Kier molecular flexibility index (Phi) is 28.9. The number of nitrogens with two attached hydrogens (primary N) is 2. The van der Waals surface area contributed by atoms with Gasteiger partial charge in [-0.05, 0) is 39.8 Å². The average molecular weight is 570 g/mol. The van der Waals surface area contributed by atoms with Gasteiger partial charge in [0.15, 0.2) is 6.29 Å². The molecular formula is C17H40N5O3Pb. The van der Waals surface area contributed by atoms with E-state index >= 15 is 0 Å². The van der Waals surface area contributed by atoms with Crippen LogP contribution in [0, 0.1) is 5.92 Å². The molecule has 0 atom stereocenters. The molecule has 0 heterocycles. The van der Waals surface area contributed by atoms with Crippen LogP contribution in [0.25, 0.3) is 0 Å². The summed E-state index contributed by atoms with van der Waals surface area (Å²) in [4.78, 5) is 13.4. The number of carbonyl (C=O) groups is 1. The van der Waals surface area contributed by atoms with E-state index in [0.29, 0.717) is 32.2 Å². The number of ether oxygens (including phenoxy) is 2. The fourth-order valence-corrected chi connectivity index (χ4v) is 1.80. The van der Waals surface area contributed by atoms with Gasteiger partial charge in [0.1, 0.15) is 0 Å². The van der Waals surface area contributed by atoms with Crippen LogP contribution in [0.3, 0.4) is 0 Å². The molecule has 9 heteroatoms. The molecule has 0 bridgehead atoms. The molecule has 0 rings (SSSR count). The second kappa shape index (κ2) is 24.7. The molecule has 3 radical (unpaired) electrons. The Hall–Kier alpha value is -0.298. The minimum atomic E-state index is -0.362. The second-order valence-electron chi connectivity index (χ2n) is 5.62. The maximum atomic E-state index is 11.7. The van der Waals surface area contributed by atoms with Crippen molar-refractivity contribution in [3.05, 3.63) is 0 Å². The van der Waals surface area contributed by atoms with E-state index in [2.05, 4.69) is 28.9 Å². The summed E-state index contributed by atoms with van der Waals surface area (Å²) in [5, 5.41) is 3.02. The Labute approximate surface area is 176 Å². The first-order chi connectivity index (χ1) is 12.4. The summed E-state index contributed by atoms with van der Waals surface area (Å²) < 4.78 is 14.4. The van der Waals surface area contributed by atoms with Crippen molar-refractivity contribution in [3.8, 4) is 0 Å². The van der Waals surface area contributed by atoms with Crippen molar-refractivity contribution in [2.24, 2.45) is 20.2 Å². The Bertz CT molecular complexity index is 309. The zero-order chi connectivity index (χ0) is 20.8. The molecule has 0 aromatic carbocycles. The van der Waals surface area contributed by atoms with Gasteiger partial charge in [0.05, 0.1) is 13.1 Å². The van der Waals surface area contributed by atoms with Gasteiger partial charge >= 0.3 is 40.9 Å². The fourth-order valence-electron chi connectivity index (χ4n) is 1.80. The monoisotopic (exact) mass is 570 g/mol. The van der Waals surface area contributed by atoms with Crippen molar-refractivity contribution in [2.75, 3.05) is 46.4 Å². The Morgan fingerprint density at radius 2 is 1.73 bits per heavy atom. The predicted molar refractivity (Wildman–Crippen MR) is 110 cm³/mol. The normalized spacial score (nSPS) is 10.4. The number of carbonyl (C=O) groups excluding carboxylic acids is 1. The number of nitrogens with one attached hydrogen (secondary N) is 1. The van der Waals surface area contributed by atoms with Gasteiger partial charge in [-0.1, -0.05) is 20.8 Å². The van der Waals surface area contributed by atoms with E-state index in [9.17, 15) is 4.79 Å². The third kappa shape index (κ3) is 23.7. The van der Waals surface area contributed by atoms with Gasteiger partial charge in [0.25, 0.3) is 0 Å². The number of hydrogen-bond donors (Lipinski definition) is 3. The van der Waals surface area contributed by atoms with Gasteiger partial charge in [-0.25, -0.2) is 0 Å². The van der Waals surface area contributed by atoms with Crippen LogP contribution >= 0.6 is 0 Å². The molecule has 0 saturated carbocycles. The molecule has 1 amide bonds. The first-order valence-electron chi connectivity index (χ1n) is 9.13. The zero-order valence-electron chi connectivity index (χ0n) is 17.5. The van der Waals surface area contributed by atoms with Crippen molar-refractivity contribution < 1.29 is 14.3 Å². The molecule has 0 aliphatic heterocycles. The Balaban J connectivity index is -0.000000484. The first kappa shape index (κ1) is 30.4. The summed E-state index contributed by atoms with van der Waals surface area (Å²) in [6.45, 7) is 13.5. The van der Waals surface area contributed by atoms with Crippen LogP contribution in [0.4, 0.5) is 0 Å². The number of nitrogens with zero attached hydrogens (tertiary/aromatic N) is 2. The van der Waals surface area contributed by atoms with Crippen LogP contribution in [0.5, 0.6) is 0 Å². The second-order valence-corrected chi connectivity index (χ2v) is 6.62. The summed E-state index contributed by atoms with van der Waals surface area (Å²) in [6.07, 6.45) is 2.18. The standard InChI is InChI=1S/C12H26N2O3.C4H11N.CH3N2.Pb/c1-5-16-12(17-6-2)9-14(8-10(3)4)11(15)7-13;1-3-4-5-2;2-1-3;/h10,12H,5-9,13H2,1-4H3;5H,3-4H2,1-2H3;1H,(H2-,2,3);/q;;-1;+1.